The van der Waals surface area contributed by atoms with Crippen molar-refractivity contribution in [2.75, 3.05) is 29.8 Å². The number of nitrogens with one attached hydrogen (secondary N) is 1. The third kappa shape index (κ3) is 5.19. The highest BCUT2D eigenvalue weighted by molar-refractivity contribution is 7.92. The first-order valence-electron chi connectivity index (χ1n) is 7.78. The summed E-state index contributed by atoms with van der Waals surface area (Å²) in [4.78, 5) is 11.9. The van der Waals surface area contributed by atoms with E-state index in [9.17, 15) is 18.3 Å². The second-order valence-electron chi connectivity index (χ2n) is 6.16. The summed E-state index contributed by atoms with van der Waals surface area (Å²) in [6.45, 7) is 4.61. The maximum atomic E-state index is 12.4. The molecule has 0 aromatic heterocycles. The van der Waals surface area contributed by atoms with Crippen LogP contribution in [0.25, 0.3) is 0 Å². The predicted molar refractivity (Wildman–Crippen MR) is 93.1 cm³/mol. The van der Waals surface area contributed by atoms with Crippen LogP contribution < -0.4 is 9.62 Å². The van der Waals surface area contributed by atoms with Gasteiger partial charge in [0.1, 0.15) is 6.10 Å². The highest BCUT2D eigenvalue weighted by Crippen LogP contribution is 2.20. The molecule has 0 saturated heterocycles. The van der Waals surface area contributed by atoms with Crippen LogP contribution in [0, 0.1) is 5.41 Å². The van der Waals surface area contributed by atoms with Crippen molar-refractivity contribution in [3.63, 3.8) is 0 Å². The molecule has 0 bridgehead atoms. The van der Waals surface area contributed by atoms with Gasteiger partial charge in [0.15, 0.2) is 0 Å². The van der Waals surface area contributed by atoms with E-state index in [4.69, 9.17) is 5.11 Å². The minimum atomic E-state index is -3.60. The average Bonchev–Trinajstić information content (AvgIpc) is 2.55. The van der Waals surface area contributed by atoms with E-state index in [1.807, 2.05) is 0 Å². The Labute approximate surface area is 143 Å². The average molecular weight is 358 g/mol. The van der Waals surface area contributed by atoms with Crippen molar-refractivity contribution in [3.8, 4) is 0 Å². The maximum Gasteiger partial charge on any atom is 0.249 e. The van der Waals surface area contributed by atoms with E-state index in [0.717, 1.165) is 0 Å². The lowest BCUT2D eigenvalue weighted by atomic mass is 9.87. The van der Waals surface area contributed by atoms with E-state index < -0.39 is 27.4 Å². The monoisotopic (exact) mass is 358 g/mol. The van der Waals surface area contributed by atoms with Crippen molar-refractivity contribution in [2.24, 2.45) is 5.41 Å². The molecule has 1 rings (SSSR count). The normalized spacial score (nSPS) is 13.4. The fourth-order valence-corrected chi connectivity index (χ4v) is 3.50. The summed E-state index contributed by atoms with van der Waals surface area (Å²) in [5, 5.41) is 21.4. The van der Waals surface area contributed by atoms with Crippen molar-refractivity contribution in [2.45, 2.75) is 26.9 Å². The first kappa shape index (κ1) is 20.4. The lowest BCUT2D eigenvalue weighted by Crippen LogP contribution is -2.47. The van der Waals surface area contributed by atoms with Gasteiger partial charge in [-0.25, -0.2) is 8.42 Å². The van der Waals surface area contributed by atoms with Gasteiger partial charge in [-0.1, -0.05) is 32.0 Å². The molecule has 1 aromatic rings. The summed E-state index contributed by atoms with van der Waals surface area (Å²) in [6, 6.07) is 8.71. The maximum absolute atomic E-state index is 12.4. The van der Waals surface area contributed by atoms with Crippen LogP contribution in [0.3, 0.4) is 0 Å². The summed E-state index contributed by atoms with van der Waals surface area (Å²) in [5.74, 6) is -0.986. The Morgan fingerprint density at radius 3 is 2.38 bits per heavy atom. The molecule has 24 heavy (non-hydrogen) atoms. The minimum absolute atomic E-state index is 0.122. The number of amides is 1. The molecule has 1 aromatic carbocycles. The van der Waals surface area contributed by atoms with Crippen LogP contribution in [0.4, 0.5) is 5.69 Å². The molecule has 8 heteroatoms. The summed E-state index contributed by atoms with van der Waals surface area (Å²) in [5.41, 5.74) is -0.435. The van der Waals surface area contributed by atoms with Gasteiger partial charge < -0.3 is 15.5 Å². The van der Waals surface area contributed by atoms with E-state index in [2.05, 4.69) is 5.32 Å². The van der Waals surface area contributed by atoms with Crippen LogP contribution in [0.1, 0.15) is 20.8 Å². The number of carbonyl (C=O) groups excluding carboxylic acids is 1. The van der Waals surface area contributed by atoms with Gasteiger partial charge in [-0.2, -0.15) is 0 Å². The molecule has 0 radical (unpaired) electrons. The van der Waals surface area contributed by atoms with Crippen LogP contribution >= 0.6 is 0 Å². The Balaban J connectivity index is 2.67. The molecule has 0 aliphatic carbocycles. The fourth-order valence-electron chi connectivity index (χ4n) is 2.09. The Morgan fingerprint density at radius 1 is 1.29 bits per heavy atom. The number of nitrogens with zero attached hydrogens (tertiary/aromatic N) is 1. The highest BCUT2D eigenvalue weighted by atomic mass is 32.2. The third-order valence-corrected chi connectivity index (χ3v) is 5.58. The number of aliphatic hydroxyl groups excluding tert-OH is 2. The van der Waals surface area contributed by atoms with Crippen LogP contribution in [0.15, 0.2) is 30.3 Å². The Hall–Kier alpha value is -1.64. The van der Waals surface area contributed by atoms with Gasteiger partial charge in [0.25, 0.3) is 0 Å². The van der Waals surface area contributed by atoms with Crippen LogP contribution in [0.5, 0.6) is 0 Å². The quantitative estimate of drug-likeness (QED) is 0.590. The highest BCUT2D eigenvalue weighted by Gasteiger charge is 2.33. The third-order valence-electron chi connectivity index (χ3n) is 3.72. The number of carbonyl (C=O) groups is 1. The van der Waals surface area contributed by atoms with Crippen molar-refractivity contribution in [3.05, 3.63) is 30.3 Å². The van der Waals surface area contributed by atoms with Gasteiger partial charge in [-0.15, -0.1) is 0 Å². The van der Waals surface area contributed by atoms with Crippen molar-refractivity contribution in [1.82, 2.24) is 5.32 Å². The van der Waals surface area contributed by atoms with Crippen molar-refractivity contribution in [1.29, 1.82) is 0 Å². The first-order chi connectivity index (χ1) is 11.2. The zero-order chi connectivity index (χ0) is 18.4. The number of rotatable bonds is 9. The van der Waals surface area contributed by atoms with Crippen LogP contribution in [-0.2, 0) is 14.8 Å². The molecule has 0 unspecified atom stereocenters. The molecule has 0 saturated carbocycles. The Morgan fingerprint density at radius 2 is 1.88 bits per heavy atom. The molecule has 1 atom stereocenters. The second kappa shape index (κ2) is 8.46. The smallest absolute Gasteiger partial charge is 0.249 e. The van der Waals surface area contributed by atoms with E-state index in [-0.39, 0.29) is 25.4 Å². The molecule has 0 aliphatic heterocycles. The Bertz CT molecular complexity index is 631. The van der Waals surface area contributed by atoms with Gasteiger partial charge in [0, 0.05) is 18.5 Å². The topological polar surface area (TPSA) is 107 Å². The summed E-state index contributed by atoms with van der Waals surface area (Å²) < 4.78 is 26.1. The molecule has 0 aliphatic rings. The number of hydrogen-bond donors (Lipinski definition) is 3. The van der Waals surface area contributed by atoms with Crippen LogP contribution in [-0.4, -0.2) is 56.1 Å². The van der Waals surface area contributed by atoms with Gasteiger partial charge >= 0.3 is 0 Å². The van der Waals surface area contributed by atoms with Crippen molar-refractivity contribution < 1.29 is 23.4 Å². The summed E-state index contributed by atoms with van der Waals surface area (Å²) in [6.07, 6.45) is -1.42. The lowest BCUT2D eigenvalue weighted by Gasteiger charge is -2.27. The zero-order valence-corrected chi connectivity index (χ0v) is 15.1. The number of hydrogen-bond acceptors (Lipinski definition) is 5. The molecular formula is C16H26N2O5S. The summed E-state index contributed by atoms with van der Waals surface area (Å²) in [7, 11) is -3.60. The van der Waals surface area contributed by atoms with Gasteiger partial charge in [0.2, 0.25) is 15.9 Å². The molecule has 0 spiro atoms. The van der Waals surface area contributed by atoms with E-state index in [0.29, 0.717) is 5.69 Å². The minimum Gasteiger partial charge on any atom is -0.396 e. The van der Waals surface area contributed by atoms with E-state index in [1.54, 1.807) is 51.1 Å². The van der Waals surface area contributed by atoms with Gasteiger partial charge in [-0.05, 0) is 19.1 Å². The zero-order valence-electron chi connectivity index (χ0n) is 14.3. The van der Waals surface area contributed by atoms with Crippen molar-refractivity contribution >= 4 is 21.6 Å². The fraction of sp³-hybridized carbons (Fsp3) is 0.562. The number of sulfonamides is 1. The number of anilines is 1. The largest absolute Gasteiger partial charge is 0.396 e. The SMILES string of the molecule is CCN(c1ccccc1)S(=O)(=O)CCNC(=O)[C@H](O)C(C)(C)CO. The summed E-state index contributed by atoms with van der Waals surface area (Å²) >= 11 is 0. The molecule has 1 amide bonds. The van der Waals surface area contributed by atoms with E-state index in [1.165, 1.54) is 4.31 Å². The molecule has 0 heterocycles. The van der Waals surface area contributed by atoms with Gasteiger partial charge in [0.05, 0.1) is 18.0 Å². The standard InChI is InChI=1S/C16H26N2O5S/c1-4-18(13-8-6-5-7-9-13)24(22,23)11-10-17-15(21)14(20)16(2,3)12-19/h5-9,14,19-20H,4,10-12H2,1-3H3,(H,17,21)/t14-/m0/s1. The van der Waals surface area contributed by atoms with E-state index >= 15 is 0 Å². The Kier molecular flexibility index (Phi) is 7.19. The number of aliphatic hydroxyl groups is 2. The lowest BCUT2D eigenvalue weighted by molar-refractivity contribution is -0.136. The van der Waals surface area contributed by atoms with Crippen LogP contribution in [0.2, 0.25) is 0 Å². The number of benzene rings is 1. The molecule has 7 nitrogen and oxygen atoms in total. The predicted octanol–water partition coefficient (Wildman–Crippen LogP) is 0.338. The van der Waals surface area contributed by atoms with Gasteiger partial charge in [-0.3, -0.25) is 9.10 Å². The number of para-hydroxylation sites is 1. The second-order valence-corrected chi connectivity index (χ2v) is 8.17. The molecule has 0 fully saturated rings. The first-order valence-corrected chi connectivity index (χ1v) is 9.38. The molecular weight excluding hydrogens is 332 g/mol. The molecule has 3 N–H and O–H groups in total. The molecule has 136 valence electrons.